The third kappa shape index (κ3) is 3.05. The Bertz CT molecular complexity index is 952. The largest absolute Gasteiger partial charge is 0.502 e. The van der Waals surface area contributed by atoms with Crippen LogP contribution in [0, 0.1) is 5.92 Å². The van der Waals surface area contributed by atoms with E-state index in [1.807, 2.05) is 48.5 Å². The summed E-state index contributed by atoms with van der Waals surface area (Å²) in [5, 5.41) is 20.2. The fourth-order valence-electron chi connectivity index (χ4n) is 2.73. The first kappa shape index (κ1) is 17.9. The average molecular weight is 388 g/mol. The molecule has 128 valence electrons. The number of fused-ring (bicyclic) bond motifs is 1. The number of hydrogen-bond donors (Lipinski definition) is 2. The minimum Gasteiger partial charge on any atom is -0.502 e. The van der Waals surface area contributed by atoms with Gasteiger partial charge in [-0.25, -0.2) is 4.98 Å². The van der Waals surface area contributed by atoms with Crippen LogP contribution < -0.4 is 0 Å². The highest BCUT2D eigenvalue weighted by molar-refractivity contribution is 7.80. The molecule has 2 aromatic carbocycles. The Hall–Kier alpha value is -1.89. The van der Waals surface area contributed by atoms with Gasteiger partial charge in [0.1, 0.15) is 5.01 Å². The molecule has 0 aliphatic rings. The van der Waals surface area contributed by atoms with Gasteiger partial charge < -0.3 is 10.2 Å². The highest BCUT2D eigenvalue weighted by Crippen LogP contribution is 2.40. The van der Waals surface area contributed by atoms with E-state index in [0.29, 0.717) is 5.01 Å². The molecule has 0 amide bonds. The predicted molar refractivity (Wildman–Crippen MR) is 112 cm³/mol. The van der Waals surface area contributed by atoms with E-state index < -0.39 is 11.3 Å². The average Bonchev–Trinajstić information content (AvgIpc) is 3.05. The molecule has 1 aromatic heterocycles. The molecule has 3 nitrogen and oxygen atoms in total. The fourth-order valence-corrected chi connectivity index (χ4v) is 4.53. The first-order valence-electron chi connectivity index (χ1n) is 7.77. The maximum absolute atomic E-state index is 10.2. The zero-order chi connectivity index (χ0) is 18.2. The molecular weight excluding hydrogens is 370 g/mol. The SMILES string of the molecule is CC(C(O)=S)C(C)(C(O)=S)c1nc2c(-c3ccccc3)cccc2s1. The van der Waals surface area contributed by atoms with Crippen molar-refractivity contribution in [2.24, 2.45) is 5.92 Å². The van der Waals surface area contributed by atoms with Crippen LogP contribution in [0.4, 0.5) is 0 Å². The van der Waals surface area contributed by atoms with Gasteiger partial charge in [0, 0.05) is 11.5 Å². The lowest BCUT2D eigenvalue weighted by atomic mass is 9.79. The summed E-state index contributed by atoms with van der Waals surface area (Å²) in [6.45, 7) is 3.51. The van der Waals surface area contributed by atoms with Gasteiger partial charge in [-0.05, 0) is 43.0 Å². The van der Waals surface area contributed by atoms with Gasteiger partial charge in [0.05, 0.1) is 15.6 Å². The number of para-hydroxylation sites is 1. The second kappa shape index (κ2) is 6.78. The minimum atomic E-state index is -1.02. The van der Waals surface area contributed by atoms with Crippen LogP contribution >= 0.6 is 35.8 Å². The molecule has 0 radical (unpaired) electrons. The maximum atomic E-state index is 10.2. The molecule has 2 atom stereocenters. The Kier molecular flexibility index (Phi) is 4.86. The second-order valence-electron chi connectivity index (χ2n) is 6.10. The summed E-state index contributed by atoms with van der Waals surface area (Å²) in [5.74, 6) is -0.527. The number of thiazole rings is 1. The van der Waals surface area contributed by atoms with Crippen LogP contribution in [0.1, 0.15) is 18.9 Å². The van der Waals surface area contributed by atoms with Crippen molar-refractivity contribution in [1.82, 2.24) is 4.98 Å². The van der Waals surface area contributed by atoms with E-state index in [9.17, 15) is 10.2 Å². The number of rotatable bonds is 5. The molecule has 0 aliphatic carbocycles. The second-order valence-corrected chi connectivity index (χ2v) is 7.94. The zero-order valence-electron chi connectivity index (χ0n) is 13.8. The molecule has 3 rings (SSSR count). The molecule has 0 saturated heterocycles. The number of hydrogen-bond acceptors (Lipinski definition) is 4. The van der Waals surface area contributed by atoms with E-state index in [1.54, 1.807) is 13.8 Å². The van der Waals surface area contributed by atoms with Gasteiger partial charge in [0.15, 0.2) is 10.1 Å². The first-order valence-corrected chi connectivity index (χ1v) is 9.40. The van der Waals surface area contributed by atoms with Crippen LogP contribution in [-0.2, 0) is 5.41 Å². The van der Waals surface area contributed by atoms with Crippen molar-refractivity contribution in [2.75, 3.05) is 0 Å². The topological polar surface area (TPSA) is 53.4 Å². The number of thiocarbonyl (C=S) groups is 2. The Labute approximate surface area is 161 Å². The molecule has 0 aliphatic heterocycles. The number of nitrogens with zero attached hydrogens (tertiary/aromatic N) is 1. The van der Waals surface area contributed by atoms with Gasteiger partial charge in [-0.2, -0.15) is 0 Å². The number of aliphatic hydroxyl groups excluding tert-OH is 2. The Morgan fingerprint density at radius 2 is 1.76 bits per heavy atom. The molecule has 0 spiro atoms. The third-order valence-electron chi connectivity index (χ3n) is 4.63. The van der Waals surface area contributed by atoms with Crippen molar-refractivity contribution in [2.45, 2.75) is 19.3 Å². The van der Waals surface area contributed by atoms with Crippen LogP contribution in [0.3, 0.4) is 0 Å². The summed E-state index contributed by atoms with van der Waals surface area (Å²) < 4.78 is 0.995. The van der Waals surface area contributed by atoms with Crippen molar-refractivity contribution >= 4 is 56.1 Å². The summed E-state index contributed by atoms with van der Waals surface area (Å²) in [4.78, 5) is 4.79. The van der Waals surface area contributed by atoms with Gasteiger partial charge in [-0.3, -0.25) is 0 Å². The Morgan fingerprint density at radius 3 is 2.36 bits per heavy atom. The minimum absolute atomic E-state index is 0.193. The van der Waals surface area contributed by atoms with Gasteiger partial charge in [-0.15, -0.1) is 11.3 Å². The number of aliphatic hydroxyl groups is 2. The highest BCUT2D eigenvalue weighted by atomic mass is 32.1. The van der Waals surface area contributed by atoms with Crippen molar-refractivity contribution in [3.8, 4) is 11.1 Å². The van der Waals surface area contributed by atoms with Crippen molar-refractivity contribution in [3.63, 3.8) is 0 Å². The van der Waals surface area contributed by atoms with Gasteiger partial charge in [0.2, 0.25) is 0 Å². The molecule has 1 heterocycles. The standard InChI is InChI=1S/C19H17NO2S3/c1-11(16(21)23)19(2,18(22)24)17-20-15-13(9-6-10-14(15)25-17)12-7-4-3-5-8-12/h3-11H,1-2H3,(H,21,23)(H,22,24). The molecule has 3 aromatic rings. The molecule has 0 fully saturated rings. The normalized spacial score (nSPS) is 14.8. The smallest absolute Gasteiger partial charge is 0.170 e. The third-order valence-corrected chi connectivity index (χ3v) is 6.66. The molecule has 0 bridgehead atoms. The molecule has 0 saturated carbocycles. The van der Waals surface area contributed by atoms with Gasteiger partial charge >= 0.3 is 0 Å². The van der Waals surface area contributed by atoms with Crippen LogP contribution in [0.15, 0.2) is 48.5 Å². The quantitative estimate of drug-likeness (QED) is 0.556. The van der Waals surface area contributed by atoms with E-state index in [-0.39, 0.29) is 10.1 Å². The van der Waals surface area contributed by atoms with Crippen molar-refractivity contribution in [3.05, 3.63) is 53.5 Å². The lowest BCUT2D eigenvalue weighted by Crippen LogP contribution is -2.41. The molecule has 25 heavy (non-hydrogen) atoms. The van der Waals surface area contributed by atoms with Crippen LogP contribution in [-0.4, -0.2) is 25.3 Å². The van der Waals surface area contributed by atoms with Crippen molar-refractivity contribution < 1.29 is 10.2 Å². The van der Waals surface area contributed by atoms with E-state index in [4.69, 9.17) is 29.4 Å². The summed E-state index contributed by atoms with van der Waals surface area (Å²) in [7, 11) is 0. The molecule has 2 unspecified atom stereocenters. The van der Waals surface area contributed by atoms with Crippen LogP contribution in [0.25, 0.3) is 21.3 Å². The maximum Gasteiger partial charge on any atom is 0.170 e. The molecular formula is C19H17NO2S3. The van der Waals surface area contributed by atoms with Crippen LogP contribution in [0.2, 0.25) is 0 Å². The Balaban J connectivity index is 2.22. The van der Waals surface area contributed by atoms with E-state index in [2.05, 4.69) is 0 Å². The summed E-state index contributed by atoms with van der Waals surface area (Å²) in [6.07, 6.45) is 0. The molecule has 2 N–H and O–H groups in total. The predicted octanol–water partition coefficient (Wildman–Crippen LogP) is 5.63. The summed E-state index contributed by atoms with van der Waals surface area (Å²) >= 11 is 11.5. The van der Waals surface area contributed by atoms with E-state index in [1.165, 1.54) is 11.3 Å². The number of benzene rings is 2. The van der Waals surface area contributed by atoms with E-state index >= 15 is 0 Å². The first-order chi connectivity index (χ1) is 11.9. The van der Waals surface area contributed by atoms with Gasteiger partial charge in [-0.1, -0.05) is 49.4 Å². The van der Waals surface area contributed by atoms with Crippen molar-refractivity contribution in [1.29, 1.82) is 0 Å². The fraction of sp³-hybridized carbons (Fsp3) is 0.211. The number of aromatic nitrogens is 1. The van der Waals surface area contributed by atoms with Gasteiger partial charge in [0.25, 0.3) is 0 Å². The molecule has 6 heteroatoms. The summed E-state index contributed by atoms with van der Waals surface area (Å²) in [6, 6.07) is 16.0. The lowest BCUT2D eigenvalue weighted by Gasteiger charge is -2.30. The summed E-state index contributed by atoms with van der Waals surface area (Å²) in [5.41, 5.74) is 1.93. The van der Waals surface area contributed by atoms with Crippen LogP contribution in [0.5, 0.6) is 0 Å². The Morgan fingerprint density at radius 1 is 1.08 bits per heavy atom. The lowest BCUT2D eigenvalue weighted by molar-refractivity contribution is 0.389. The zero-order valence-corrected chi connectivity index (χ0v) is 16.2. The van der Waals surface area contributed by atoms with E-state index in [0.717, 1.165) is 21.3 Å². The monoisotopic (exact) mass is 387 g/mol. The highest BCUT2D eigenvalue weighted by Gasteiger charge is 2.43.